The van der Waals surface area contributed by atoms with Gasteiger partial charge in [0.2, 0.25) is 0 Å². The summed E-state index contributed by atoms with van der Waals surface area (Å²) in [5, 5.41) is 20.5. The maximum atomic E-state index is 9.55. The number of aliphatic carboxylic acids is 2. The van der Waals surface area contributed by atoms with Gasteiger partial charge in [-0.2, -0.15) is 0 Å². The first-order valence-electron chi connectivity index (χ1n) is 9.38. The Hall–Kier alpha value is -1.60. The number of nitrogens with one attached hydrogen (secondary N) is 1. The van der Waals surface area contributed by atoms with E-state index in [0.29, 0.717) is 23.2 Å². The molecule has 0 aromatic heterocycles. The van der Waals surface area contributed by atoms with Crippen molar-refractivity contribution in [3.63, 3.8) is 0 Å². The first-order chi connectivity index (χ1) is 13.4. The van der Waals surface area contributed by atoms with Crippen LogP contribution in [-0.4, -0.2) is 52.7 Å². The molecule has 2 aliphatic rings. The minimum absolute atomic E-state index is 0.558. The van der Waals surface area contributed by atoms with E-state index in [9.17, 15) is 9.59 Å². The predicted molar refractivity (Wildman–Crippen MR) is 110 cm³/mol. The number of rotatable bonds is 7. The molecule has 0 amide bonds. The molecule has 1 saturated carbocycles. The zero-order valence-electron chi connectivity index (χ0n) is 15.6. The van der Waals surface area contributed by atoms with Crippen LogP contribution in [0.5, 0.6) is 0 Å². The molecule has 1 aromatic rings. The Kier molecular flexibility index (Phi) is 9.25. The average molecular weight is 429 g/mol. The van der Waals surface area contributed by atoms with E-state index in [1.54, 1.807) is 0 Å². The monoisotopic (exact) mass is 428 g/mol. The molecule has 0 unspecified atom stereocenters. The zero-order chi connectivity index (χ0) is 20.5. The predicted octanol–water partition coefficient (Wildman–Crippen LogP) is 3.67. The third-order valence-electron chi connectivity index (χ3n) is 4.79. The summed E-state index contributed by atoms with van der Waals surface area (Å²) in [6.07, 6.45) is 6.38. The van der Waals surface area contributed by atoms with Crippen molar-refractivity contribution in [1.29, 1.82) is 0 Å². The fourth-order valence-electron chi connectivity index (χ4n) is 3.18. The Morgan fingerprint density at radius 3 is 2.21 bits per heavy atom. The number of hydrogen-bond donors (Lipinski definition) is 3. The van der Waals surface area contributed by atoms with E-state index in [1.165, 1.54) is 37.8 Å². The summed E-state index contributed by atoms with van der Waals surface area (Å²) < 4.78 is 0. The van der Waals surface area contributed by atoms with Crippen molar-refractivity contribution in [2.24, 2.45) is 5.92 Å². The third-order valence-corrected chi connectivity index (χ3v) is 5.65. The number of hydrogen-bond acceptors (Lipinski definition) is 4. The molecule has 0 spiro atoms. The molecule has 1 aliphatic carbocycles. The van der Waals surface area contributed by atoms with Gasteiger partial charge in [0.1, 0.15) is 0 Å². The van der Waals surface area contributed by atoms with Crippen LogP contribution >= 0.6 is 23.2 Å². The lowest BCUT2D eigenvalue weighted by Crippen LogP contribution is -2.43. The molecule has 154 valence electrons. The van der Waals surface area contributed by atoms with Gasteiger partial charge in [0, 0.05) is 31.3 Å². The summed E-state index contributed by atoms with van der Waals surface area (Å²) in [6, 6.07) is 6.66. The molecule has 3 rings (SSSR count). The maximum absolute atomic E-state index is 9.55. The molecule has 1 aliphatic heterocycles. The van der Waals surface area contributed by atoms with Crippen LogP contribution < -0.4 is 5.32 Å². The van der Waals surface area contributed by atoms with Crippen LogP contribution in [0.4, 0.5) is 0 Å². The highest BCUT2D eigenvalue weighted by Gasteiger charge is 2.29. The van der Waals surface area contributed by atoms with E-state index < -0.39 is 11.9 Å². The zero-order valence-corrected chi connectivity index (χ0v) is 17.1. The summed E-state index contributed by atoms with van der Waals surface area (Å²) in [7, 11) is 0. The summed E-state index contributed by atoms with van der Waals surface area (Å²) >= 11 is 12.5. The smallest absolute Gasteiger partial charge is 0.328 e. The molecule has 1 aromatic carbocycles. The van der Waals surface area contributed by atoms with Crippen LogP contribution in [0.1, 0.15) is 31.2 Å². The molecule has 0 atom stereocenters. The highest BCUT2D eigenvalue weighted by atomic mass is 35.5. The molecule has 28 heavy (non-hydrogen) atoms. The highest BCUT2D eigenvalue weighted by Crippen LogP contribution is 2.33. The molecular formula is C20H26Cl2N2O4. The van der Waals surface area contributed by atoms with Gasteiger partial charge < -0.3 is 15.5 Å². The van der Waals surface area contributed by atoms with E-state index in [4.69, 9.17) is 33.4 Å². The van der Waals surface area contributed by atoms with E-state index in [-0.39, 0.29) is 0 Å². The largest absolute Gasteiger partial charge is 0.478 e. The number of piperidine rings is 1. The summed E-state index contributed by atoms with van der Waals surface area (Å²) in [6.45, 7) is 4.41. The number of carboxylic acids is 2. The first-order valence-corrected chi connectivity index (χ1v) is 10.1. The van der Waals surface area contributed by atoms with Gasteiger partial charge in [-0.15, -0.1) is 0 Å². The van der Waals surface area contributed by atoms with E-state index in [1.807, 2.05) is 12.1 Å². The minimum Gasteiger partial charge on any atom is -0.478 e. The van der Waals surface area contributed by atoms with Crippen LogP contribution in [-0.2, 0) is 16.1 Å². The van der Waals surface area contributed by atoms with Crippen LogP contribution in [0.2, 0.25) is 10.0 Å². The number of benzene rings is 1. The molecule has 1 saturated heterocycles. The van der Waals surface area contributed by atoms with Gasteiger partial charge in [-0.1, -0.05) is 35.3 Å². The molecule has 3 N–H and O–H groups in total. The lowest BCUT2D eigenvalue weighted by Gasteiger charge is -2.35. The van der Waals surface area contributed by atoms with Crippen molar-refractivity contribution < 1.29 is 19.8 Å². The second-order valence-electron chi connectivity index (χ2n) is 7.08. The Bertz CT molecular complexity index is 685. The van der Waals surface area contributed by atoms with Crippen molar-refractivity contribution >= 4 is 35.1 Å². The summed E-state index contributed by atoms with van der Waals surface area (Å²) in [5.41, 5.74) is 1.17. The first kappa shape index (κ1) is 22.7. The van der Waals surface area contributed by atoms with Crippen LogP contribution in [0.25, 0.3) is 0 Å². The maximum Gasteiger partial charge on any atom is 0.328 e. The van der Waals surface area contributed by atoms with Crippen molar-refractivity contribution in [3.8, 4) is 0 Å². The minimum atomic E-state index is -1.26. The van der Waals surface area contributed by atoms with E-state index in [2.05, 4.69) is 16.3 Å². The summed E-state index contributed by atoms with van der Waals surface area (Å²) in [4.78, 5) is 21.7. The van der Waals surface area contributed by atoms with Gasteiger partial charge in [-0.05, 0) is 56.3 Å². The van der Waals surface area contributed by atoms with E-state index in [0.717, 1.165) is 30.6 Å². The van der Waals surface area contributed by atoms with Crippen molar-refractivity contribution in [1.82, 2.24) is 10.2 Å². The van der Waals surface area contributed by atoms with Crippen molar-refractivity contribution in [2.45, 2.75) is 38.3 Å². The molecule has 6 nitrogen and oxygen atoms in total. The van der Waals surface area contributed by atoms with E-state index >= 15 is 0 Å². The molecule has 0 radical (unpaired) electrons. The Morgan fingerprint density at radius 1 is 1.07 bits per heavy atom. The van der Waals surface area contributed by atoms with Gasteiger partial charge >= 0.3 is 11.9 Å². The van der Waals surface area contributed by atoms with Crippen molar-refractivity contribution in [3.05, 3.63) is 46.0 Å². The Morgan fingerprint density at radius 2 is 1.68 bits per heavy atom. The number of nitrogens with zero attached hydrogens (tertiary/aromatic N) is 1. The van der Waals surface area contributed by atoms with Crippen molar-refractivity contribution in [2.75, 3.05) is 19.6 Å². The summed E-state index contributed by atoms with van der Waals surface area (Å²) in [5.74, 6) is -1.61. The second-order valence-corrected chi connectivity index (χ2v) is 7.86. The molecule has 2 fully saturated rings. The Labute approximate surface area is 175 Å². The number of carboxylic acid groups (broad SMARTS) is 2. The van der Waals surface area contributed by atoms with Gasteiger partial charge in [0.25, 0.3) is 0 Å². The topological polar surface area (TPSA) is 89.9 Å². The second kappa shape index (κ2) is 11.4. The van der Waals surface area contributed by atoms with Gasteiger partial charge in [0.15, 0.2) is 0 Å². The quantitative estimate of drug-likeness (QED) is 0.573. The number of carbonyl (C=O) groups is 2. The van der Waals surface area contributed by atoms with Crippen LogP contribution in [0, 0.1) is 5.92 Å². The lowest BCUT2D eigenvalue weighted by molar-refractivity contribution is -0.134. The highest BCUT2D eigenvalue weighted by molar-refractivity contribution is 6.42. The van der Waals surface area contributed by atoms with Crippen LogP contribution in [0.15, 0.2) is 30.4 Å². The Balaban J connectivity index is 0.000000300. The lowest BCUT2D eigenvalue weighted by atomic mass is 10.0. The molecular weight excluding hydrogens is 403 g/mol. The molecule has 8 heteroatoms. The SMILES string of the molecule is Clc1cccc(CN(CC2CC2)C2CCNCC2)c1Cl.O=C(O)C=CC(=O)O. The third kappa shape index (κ3) is 8.19. The van der Waals surface area contributed by atoms with Gasteiger partial charge in [-0.3, -0.25) is 4.90 Å². The average Bonchev–Trinajstić information content (AvgIpc) is 3.48. The molecule has 1 heterocycles. The standard InChI is InChI=1S/C16H22Cl2N2.C4H4O4/c17-15-3-1-2-13(16(15)18)11-20(10-12-4-5-12)14-6-8-19-9-7-14;5-3(6)1-2-4(7)8/h1-3,12,14,19H,4-11H2;1-2H,(H,5,6)(H,7,8). The van der Waals surface area contributed by atoms with Gasteiger partial charge in [-0.25, -0.2) is 9.59 Å². The fourth-order valence-corrected chi connectivity index (χ4v) is 3.56. The number of halogens is 2. The van der Waals surface area contributed by atoms with Crippen LogP contribution in [0.3, 0.4) is 0 Å². The van der Waals surface area contributed by atoms with Gasteiger partial charge in [0.05, 0.1) is 10.0 Å². The molecule has 0 bridgehead atoms. The normalized spacial score (nSPS) is 17.4. The fraction of sp³-hybridized carbons (Fsp3) is 0.500.